The maximum Gasteiger partial charge on any atom is 0.326 e. The Labute approximate surface area is 239 Å². The summed E-state index contributed by atoms with van der Waals surface area (Å²) in [6.45, 7) is 1.27. The van der Waals surface area contributed by atoms with Crippen molar-refractivity contribution in [2.45, 2.75) is 18.9 Å². The van der Waals surface area contributed by atoms with Crippen molar-refractivity contribution in [2.24, 2.45) is 11.8 Å². The van der Waals surface area contributed by atoms with Crippen molar-refractivity contribution in [1.29, 1.82) is 0 Å². The quantitative estimate of drug-likeness (QED) is 0.343. The maximum atomic E-state index is 13.3. The topological polar surface area (TPSA) is 159 Å². The highest BCUT2D eigenvalue weighted by atomic mass is 16.7. The lowest BCUT2D eigenvalue weighted by Gasteiger charge is -2.40. The van der Waals surface area contributed by atoms with Gasteiger partial charge in [0.15, 0.2) is 23.0 Å². The molecule has 13 nitrogen and oxygen atoms in total. The number of benzene rings is 2. The third-order valence-electron chi connectivity index (χ3n) is 7.96. The van der Waals surface area contributed by atoms with E-state index in [1.165, 1.54) is 14.2 Å². The summed E-state index contributed by atoms with van der Waals surface area (Å²) >= 11 is 0. The van der Waals surface area contributed by atoms with E-state index in [0.29, 0.717) is 28.2 Å². The molecule has 0 unspecified atom stereocenters. The Hall–Kier alpha value is -4.94. The number of hydrogen-bond acceptors (Lipinski definition) is 12. The van der Waals surface area contributed by atoms with Crippen LogP contribution < -0.4 is 24.3 Å². The number of imide groups is 1. The van der Waals surface area contributed by atoms with E-state index in [4.69, 9.17) is 28.4 Å². The SMILES string of the molecule is CCOC(=O)CN1C(=O)C=C(N[C@@H]2c3cc4c(cc3[C@@H](c3cc(OC)c(O)c(OC)c3)[C@H]3C(=O)OC[C@@H]32)OCO4)C1=O. The summed E-state index contributed by atoms with van der Waals surface area (Å²) in [7, 11) is 2.83. The largest absolute Gasteiger partial charge is 0.502 e. The summed E-state index contributed by atoms with van der Waals surface area (Å²) in [4.78, 5) is 52.0. The number of aromatic hydroxyl groups is 1. The van der Waals surface area contributed by atoms with Crippen molar-refractivity contribution >= 4 is 23.8 Å². The van der Waals surface area contributed by atoms with Gasteiger partial charge in [0, 0.05) is 17.9 Å². The lowest BCUT2D eigenvalue weighted by molar-refractivity contribution is -0.151. The molecule has 0 saturated carbocycles. The average Bonchev–Trinajstić information content (AvgIpc) is 3.66. The Kier molecular flexibility index (Phi) is 6.79. The fourth-order valence-corrected chi connectivity index (χ4v) is 6.11. The van der Waals surface area contributed by atoms with Crippen molar-refractivity contribution in [3.8, 4) is 28.7 Å². The second-order valence-electron chi connectivity index (χ2n) is 10.1. The molecule has 0 aromatic heterocycles. The maximum absolute atomic E-state index is 13.3. The van der Waals surface area contributed by atoms with Crippen LogP contribution in [0.5, 0.6) is 28.7 Å². The van der Waals surface area contributed by atoms with Gasteiger partial charge in [-0.05, 0) is 47.9 Å². The van der Waals surface area contributed by atoms with Gasteiger partial charge in [-0.2, -0.15) is 0 Å². The third-order valence-corrected chi connectivity index (χ3v) is 7.96. The standard InChI is InChI=1S/C29H28N2O11/c1-4-39-23(33)10-31-22(32)9-17(28(31)35)30-26-15-8-19-18(41-12-42-19)7-14(15)24(25-16(26)11-40-29(25)36)13-5-20(37-2)27(34)21(6-13)38-3/h5-9,16,24-26,30,34H,4,10-12H2,1-3H3/t16-,24+,25-,26+/m0/s1. The molecule has 4 aliphatic rings. The fraction of sp³-hybridized carbons (Fsp3) is 0.379. The predicted molar refractivity (Wildman–Crippen MR) is 141 cm³/mol. The second-order valence-corrected chi connectivity index (χ2v) is 10.1. The number of esters is 2. The molecule has 1 fully saturated rings. The normalized spacial score (nSPS) is 23.6. The first kappa shape index (κ1) is 27.2. The van der Waals surface area contributed by atoms with E-state index >= 15 is 0 Å². The zero-order chi connectivity index (χ0) is 29.7. The van der Waals surface area contributed by atoms with Gasteiger partial charge in [-0.15, -0.1) is 0 Å². The lowest BCUT2D eigenvalue weighted by Crippen LogP contribution is -2.43. The molecule has 2 aromatic carbocycles. The van der Waals surface area contributed by atoms with E-state index in [0.717, 1.165) is 11.0 Å². The number of nitrogens with zero attached hydrogens (tertiary/aromatic N) is 1. The Morgan fingerprint density at radius 3 is 2.33 bits per heavy atom. The molecule has 220 valence electrons. The fourth-order valence-electron chi connectivity index (χ4n) is 6.11. The van der Waals surface area contributed by atoms with Gasteiger partial charge in [0.2, 0.25) is 12.5 Å². The van der Waals surface area contributed by atoms with E-state index in [-0.39, 0.29) is 43.0 Å². The molecule has 3 aliphatic heterocycles. The zero-order valence-corrected chi connectivity index (χ0v) is 23.0. The Morgan fingerprint density at radius 1 is 1.02 bits per heavy atom. The zero-order valence-electron chi connectivity index (χ0n) is 23.0. The van der Waals surface area contributed by atoms with Crippen LogP contribution in [0.15, 0.2) is 36.0 Å². The molecule has 3 heterocycles. The summed E-state index contributed by atoms with van der Waals surface area (Å²) < 4.78 is 32.5. The van der Waals surface area contributed by atoms with Gasteiger partial charge >= 0.3 is 11.9 Å². The Balaban J connectivity index is 1.44. The van der Waals surface area contributed by atoms with Gasteiger partial charge in [-0.1, -0.05) is 0 Å². The Bertz CT molecular complexity index is 1510. The molecule has 4 atom stereocenters. The van der Waals surface area contributed by atoms with E-state index in [1.54, 1.807) is 31.2 Å². The predicted octanol–water partition coefficient (Wildman–Crippen LogP) is 1.52. The van der Waals surface area contributed by atoms with Crippen molar-refractivity contribution in [1.82, 2.24) is 10.2 Å². The summed E-state index contributed by atoms with van der Waals surface area (Å²) in [6.07, 6.45) is 1.13. The minimum absolute atomic E-state index is 0.0116. The molecule has 0 bridgehead atoms. The molecule has 6 rings (SSSR count). The van der Waals surface area contributed by atoms with Crippen LogP contribution in [0.1, 0.15) is 35.6 Å². The molecule has 0 radical (unpaired) electrons. The van der Waals surface area contributed by atoms with Gasteiger partial charge in [0.25, 0.3) is 11.8 Å². The van der Waals surface area contributed by atoms with Gasteiger partial charge < -0.3 is 38.8 Å². The number of methoxy groups -OCH3 is 2. The molecule has 42 heavy (non-hydrogen) atoms. The first-order chi connectivity index (χ1) is 20.2. The van der Waals surface area contributed by atoms with Crippen LogP contribution in [0.2, 0.25) is 0 Å². The van der Waals surface area contributed by atoms with Crippen LogP contribution in [0, 0.1) is 11.8 Å². The molecule has 2 aromatic rings. The highest BCUT2D eigenvalue weighted by Gasteiger charge is 2.53. The number of fused-ring (bicyclic) bond motifs is 3. The van der Waals surface area contributed by atoms with Crippen LogP contribution in [-0.4, -0.2) is 74.5 Å². The number of carbonyl (C=O) groups excluding carboxylic acids is 4. The number of phenols is 1. The molecular weight excluding hydrogens is 552 g/mol. The minimum atomic E-state index is -0.724. The average molecular weight is 581 g/mol. The molecule has 0 spiro atoms. The van der Waals surface area contributed by atoms with E-state index in [1.807, 2.05) is 0 Å². The summed E-state index contributed by atoms with van der Waals surface area (Å²) in [6, 6.07) is 6.20. The van der Waals surface area contributed by atoms with Crippen molar-refractivity contribution in [3.63, 3.8) is 0 Å². The van der Waals surface area contributed by atoms with Gasteiger partial charge in [0.1, 0.15) is 12.2 Å². The number of amides is 2. The molecule has 2 N–H and O–H groups in total. The highest BCUT2D eigenvalue weighted by Crippen LogP contribution is 2.55. The number of cyclic esters (lactones) is 1. The Morgan fingerprint density at radius 2 is 1.69 bits per heavy atom. The van der Waals surface area contributed by atoms with Gasteiger partial charge in [-0.3, -0.25) is 24.1 Å². The van der Waals surface area contributed by atoms with Crippen LogP contribution in [-0.2, 0) is 28.7 Å². The number of nitrogens with one attached hydrogen (secondary N) is 1. The van der Waals surface area contributed by atoms with E-state index < -0.39 is 54.1 Å². The second kappa shape index (κ2) is 10.5. The number of ether oxygens (including phenoxy) is 6. The lowest BCUT2D eigenvalue weighted by atomic mass is 9.65. The summed E-state index contributed by atoms with van der Waals surface area (Å²) in [5.74, 6) is -3.18. The number of carbonyl (C=O) groups is 4. The van der Waals surface area contributed by atoms with Crippen LogP contribution in [0.4, 0.5) is 0 Å². The summed E-state index contributed by atoms with van der Waals surface area (Å²) in [5, 5.41) is 13.7. The van der Waals surface area contributed by atoms with Crippen LogP contribution in [0.25, 0.3) is 0 Å². The van der Waals surface area contributed by atoms with Crippen LogP contribution in [0.3, 0.4) is 0 Å². The molecule has 1 saturated heterocycles. The first-order valence-corrected chi connectivity index (χ1v) is 13.3. The number of phenolic OH excluding ortho intramolecular Hbond substituents is 1. The van der Waals surface area contributed by atoms with Crippen molar-refractivity contribution < 1.29 is 52.7 Å². The number of hydrogen-bond donors (Lipinski definition) is 2. The highest BCUT2D eigenvalue weighted by molar-refractivity contribution is 6.17. The van der Waals surface area contributed by atoms with E-state index in [2.05, 4.69) is 5.32 Å². The smallest absolute Gasteiger partial charge is 0.326 e. The van der Waals surface area contributed by atoms with Gasteiger partial charge in [0.05, 0.1) is 39.4 Å². The summed E-state index contributed by atoms with van der Waals surface area (Å²) in [5.41, 5.74) is 1.98. The van der Waals surface area contributed by atoms with Crippen molar-refractivity contribution in [2.75, 3.05) is 40.8 Å². The molecular formula is C29H28N2O11. The van der Waals surface area contributed by atoms with Gasteiger partial charge in [-0.25, -0.2) is 0 Å². The monoisotopic (exact) mass is 580 g/mol. The van der Waals surface area contributed by atoms with Crippen molar-refractivity contribution in [3.05, 3.63) is 52.7 Å². The molecule has 2 amide bonds. The minimum Gasteiger partial charge on any atom is -0.502 e. The molecule has 13 heteroatoms. The van der Waals surface area contributed by atoms with Crippen LogP contribution >= 0.6 is 0 Å². The first-order valence-electron chi connectivity index (χ1n) is 13.3. The third kappa shape index (κ3) is 4.32. The van der Waals surface area contributed by atoms with E-state index in [9.17, 15) is 24.3 Å². The number of rotatable bonds is 8. The molecule has 1 aliphatic carbocycles.